The third kappa shape index (κ3) is 4.73. The molecule has 0 spiro atoms. The van der Waals surface area contributed by atoms with Crippen molar-refractivity contribution >= 4 is 12.0 Å². The lowest BCUT2D eigenvalue weighted by Gasteiger charge is -2.45. The molecule has 3 aliphatic rings. The van der Waals surface area contributed by atoms with Gasteiger partial charge in [0.25, 0.3) is 0 Å². The largest absolute Gasteiger partial charge is 0.481 e. The Morgan fingerprint density at radius 3 is 2.38 bits per heavy atom. The summed E-state index contributed by atoms with van der Waals surface area (Å²) in [5, 5.41) is 9.47. The molecule has 5 nitrogen and oxygen atoms in total. The van der Waals surface area contributed by atoms with Crippen LogP contribution in [0.15, 0.2) is 42.5 Å². The van der Waals surface area contributed by atoms with Crippen LogP contribution in [0.3, 0.4) is 0 Å². The minimum atomic E-state index is -5.06. The van der Waals surface area contributed by atoms with E-state index in [1.54, 1.807) is 23.1 Å². The Kier molecular flexibility index (Phi) is 7.11. The van der Waals surface area contributed by atoms with E-state index in [1.807, 2.05) is 11.8 Å². The van der Waals surface area contributed by atoms with Gasteiger partial charge in [0.15, 0.2) is 0 Å². The average Bonchev–Trinajstić information content (AvgIpc) is 3.27. The first kappa shape index (κ1) is 28.4. The zero-order chi connectivity index (χ0) is 29.0. The van der Waals surface area contributed by atoms with E-state index < -0.39 is 34.7 Å². The number of aryl methyl sites for hydroxylation is 1. The molecule has 3 unspecified atom stereocenters. The quantitative estimate of drug-likeness (QED) is 0.448. The number of aliphatic carboxylic acids is 1. The van der Waals surface area contributed by atoms with E-state index in [2.05, 4.69) is 0 Å². The molecule has 40 heavy (non-hydrogen) atoms. The maximum Gasteiger partial charge on any atom is 0.426 e. The number of amides is 2. The fourth-order valence-electron chi connectivity index (χ4n) is 7.09. The Balaban J connectivity index is 1.50. The van der Waals surface area contributed by atoms with E-state index in [4.69, 9.17) is 0 Å². The van der Waals surface area contributed by atoms with Gasteiger partial charge in [-0.1, -0.05) is 37.3 Å². The van der Waals surface area contributed by atoms with Crippen molar-refractivity contribution in [2.24, 2.45) is 11.8 Å². The van der Waals surface area contributed by atoms with Crippen LogP contribution in [0, 0.1) is 17.7 Å². The number of carbonyl (C=O) groups is 2. The molecule has 216 valence electrons. The first-order valence-corrected chi connectivity index (χ1v) is 13.7. The number of fused-ring (bicyclic) bond motifs is 3. The van der Waals surface area contributed by atoms with Crippen LogP contribution >= 0.6 is 0 Å². The lowest BCUT2D eigenvalue weighted by molar-refractivity contribution is -0.228. The molecule has 5 rings (SSSR count). The van der Waals surface area contributed by atoms with Gasteiger partial charge in [0.05, 0.1) is 5.92 Å². The van der Waals surface area contributed by atoms with E-state index in [1.165, 1.54) is 24.3 Å². The summed E-state index contributed by atoms with van der Waals surface area (Å²) in [6.45, 7) is 3.44. The Morgan fingerprint density at radius 2 is 1.75 bits per heavy atom. The highest BCUT2D eigenvalue weighted by Crippen LogP contribution is 2.51. The van der Waals surface area contributed by atoms with Gasteiger partial charge in [-0.2, -0.15) is 13.2 Å². The van der Waals surface area contributed by atoms with Crippen LogP contribution in [-0.2, 0) is 28.7 Å². The first-order valence-electron chi connectivity index (χ1n) is 13.7. The van der Waals surface area contributed by atoms with E-state index in [9.17, 15) is 36.6 Å². The number of piperidine rings is 1. The van der Waals surface area contributed by atoms with Crippen molar-refractivity contribution in [3.05, 3.63) is 70.5 Å². The summed E-state index contributed by atoms with van der Waals surface area (Å²) in [4.78, 5) is 28.9. The summed E-state index contributed by atoms with van der Waals surface area (Å²) >= 11 is 0. The third-order valence-corrected chi connectivity index (χ3v) is 9.39. The predicted octanol–water partition coefficient (Wildman–Crippen LogP) is 6.24. The predicted molar refractivity (Wildman–Crippen MR) is 138 cm³/mol. The van der Waals surface area contributed by atoms with Gasteiger partial charge in [0, 0.05) is 31.1 Å². The van der Waals surface area contributed by atoms with E-state index in [0.717, 1.165) is 11.1 Å². The van der Waals surface area contributed by atoms with Crippen LogP contribution < -0.4 is 0 Å². The van der Waals surface area contributed by atoms with Crippen molar-refractivity contribution in [2.75, 3.05) is 19.6 Å². The number of urea groups is 1. The van der Waals surface area contributed by atoms with Crippen molar-refractivity contribution in [1.29, 1.82) is 0 Å². The molecule has 0 saturated carbocycles. The van der Waals surface area contributed by atoms with Crippen LogP contribution in [0.4, 0.5) is 26.7 Å². The highest BCUT2D eigenvalue weighted by molar-refractivity contribution is 5.77. The smallest absolute Gasteiger partial charge is 0.426 e. The second kappa shape index (κ2) is 10.0. The van der Waals surface area contributed by atoms with Crippen molar-refractivity contribution in [1.82, 2.24) is 9.80 Å². The number of hydrogen-bond donors (Lipinski definition) is 1. The number of likely N-dealkylation sites (tertiary alicyclic amines) is 2. The average molecular weight is 565 g/mol. The fourth-order valence-corrected chi connectivity index (χ4v) is 7.09. The Morgan fingerprint density at radius 1 is 1.05 bits per heavy atom. The number of nitrogens with zero attached hydrogens (tertiary/aromatic N) is 2. The Labute approximate surface area is 230 Å². The zero-order valence-electron chi connectivity index (χ0n) is 22.5. The number of benzene rings is 2. The molecular formula is C30H33F5N2O3. The fraction of sp³-hybridized carbons (Fsp3) is 0.533. The molecule has 2 aliphatic heterocycles. The lowest BCUT2D eigenvalue weighted by Crippen LogP contribution is -2.55. The number of hydrogen-bond acceptors (Lipinski definition) is 2. The van der Waals surface area contributed by atoms with Gasteiger partial charge >= 0.3 is 18.2 Å². The molecule has 0 radical (unpaired) electrons. The monoisotopic (exact) mass is 564 g/mol. The van der Waals surface area contributed by atoms with Gasteiger partial charge in [0.1, 0.15) is 5.82 Å². The Hall–Kier alpha value is -3.17. The van der Waals surface area contributed by atoms with Gasteiger partial charge in [-0.05, 0) is 79.3 Å². The van der Waals surface area contributed by atoms with Crippen LogP contribution in [0.1, 0.15) is 55.4 Å². The molecule has 2 saturated heterocycles. The van der Waals surface area contributed by atoms with Crippen molar-refractivity contribution < 1.29 is 36.6 Å². The minimum Gasteiger partial charge on any atom is -0.481 e. The van der Waals surface area contributed by atoms with Crippen molar-refractivity contribution in [3.8, 4) is 0 Å². The normalized spacial score (nSPS) is 28.0. The number of alkyl halides is 4. The summed E-state index contributed by atoms with van der Waals surface area (Å²) < 4.78 is 69.0. The highest BCUT2D eigenvalue weighted by Gasteiger charge is 2.56. The van der Waals surface area contributed by atoms with E-state index in [-0.39, 0.29) is 23.8 Å². The first-order chi connectivity index (χ1) is 18.7. The van der Waals surface area contributed by atoms with Gasteiger partial charge in [-0.25, -0.2) is 13.6 Å². The molecule has 1 aliphatic carbocycles. The van der Waals surface area contributed by atoms with Gasteiger partial charge in [-0.15, -0.1) is 0 Å². The third-order valence-electron chi connectivity index (χ3n) is 9.39. The number of rotatable bonds is 4. The second-order valence-corrected chi connectivity index (χ2v) is 11.8. The zero-order valence-corrected chi connectivity index (χ0v) is 22.5. The molecule has 0 bridgehead atoms. The molecule has 2 amide bonds. The molecule has 0 aromatic heterocycles. The van der Waals surface area contributed by atoms with Crippen LogP contribution in [0.2, 0.25) is 0 Å². The summed E-state index contributed by atoms with van der Waals surface area (Å²) in [5.74, 6) is -1.95. The molecule has 2 fully saturated rings. The lowest BCUT2D eigenvalue weighted by atomic mass is 9.63. The van der Waals surface area contributed by atoms with Crippen molar-refractivity contribution in [3.63, 3.8) is 0 Å². The summed E-state index contributed by atoms with van der Waals surface area (Å²) in [7, 11) is 0. The summed E-state index contributed by atoms with van der Waals surface area (Å²) in [6.07, 6.45) is -2.84. The molecule has 2 aromatic rings. The number of carboxylic acids is 1. The standard InChI is InChI=1S/C30H33F5N2O3/c1-18-17-36(13-11-23(18)26(38)39)27(40)37-14-12-29(16-19-3-7-22(31)8-4-19)24-9-6-21(28(2,32)30(33,34)35)15-20(24)5-10-25(29)37/h3-4,6-9,15,18,23,25H,5,10-14,16-17H2,1-2H3,(H,38,39)/t18?,23?,25-,28?,29-/m1/s1. The van der Waals surface area contributed by atoms with Gasteiger partial charge < -0.3 is 14.9 Å². The molecule has 10 heteroatoms. The topological polar surface area (TPSA) is 60.9 Å². The number of carbonyl (C=O) groups excluding carboxylic acids is 1. The maximum atomic E-state index is 14.9. The van der Waals surface area contributed by atoms with Gasteiger partial charge in [-0.3, -0.25) is 4.79 Å². The summed E-state index contributed by atoms with van der Waals surface area (Å²) in [5.41, 5.74) is -2.33. The van der Waals surface area contributed by atoms with Crippen LogP contribution in [-0.4, -0.2) is 58.8 Å². The van der Waals surface area contributed by atoms with Gasteiger partial charge in [0.2, 0.25) is 5.67 Å². The van der Waals surface area contributed by atoms with Crippen LogP contribution in [0.5, 0.6) is 0 Å². The minimum absolute atomic E-state index is 0.171. The maximum absolute atomic E-state index is 14.9. The Bertz CT molecular complexity index is 1300. The number of halogens is 5. The second-order valence-electron chi connectivity index (χ2n) is 11.8. The SMILES string of the molecule is CC1CN(C(=O)N2CC[C@@]3(Cc4ccc(F)cc4)c4ccc(C(C)(F)C(F)(F)F)cc4CC[C@@H]23)CCC1C(=O)O. The highest BCUT2D eigenvalue weighted by atomic mass is 19.4. The van der Waals surface area contributed by atoms with Crippen molar-refractivity contribution in [2.45, 2.75) is 69.3 Å². The molecular weight excluding hydrogens is 531 g/mol. The molecule has 2 aromatic carbocycles. The molecule has 5 atom stereocenters. The molecule has 1 N–H and O–H groups in total. The molecule has 2 heterocycles. The summed E-state index contributed by atoms with van der Waals surface area (Å²) in [6, 6.07) is 9.72. The van der Waals surface area contributed by atoms with E-state index in [0.29, 0.717) is 64.2 Å². The van der Waals surface area contributed by atoms with Crippen LogP contribution in [0.25, 0.3) is 0 Å². The van der Waals surface area contributed by atoms with E-state index >= 15 is 0 Å². The number of carboxylic acid groups (broad SMARTS) is 1.